The lowest BCUT2D eigenvalue weighted by atomic mass is 10.1. The lowest BCUT2D eigenvalue weighted by Crippen LogP contribution is -2.15. The number of carboxylic acids is 1. The molecule has 2 rings (SSSR count). The zero-order valence-electron chi connectivity index (χ0n) is 15.0. The molecule has 0 unspecified atom stereocenters. The Bertz CT molecular complexity index is 977. The highest BCUT2D eigenvalue weighted by Crippen LogP contribution is 2.21. The number of aryl methyl sites for hydroxylation is 2. The van der Waals surface area contributed by atoms with E-state index in [0.717, 1.165) is 18.7 Å². The van der Waals surface area contributed by atoms with Gasteiger partial charge in [0, 0.05) is 24.2 Å². The van der Waals surface area contributed by atoms with Gasteiger partial charge in [0.25, 0.3) is 5.91 Å². The van der Waals surface area contributed by atoms with Crippen LogP contribution >= 0.6 is 0 Å². The summed E-state index contributed by atoms with van der Waals surface area (Å²) in [6, 6.07) is 3.51. The second-order valence-electron chi connectivity index (χ2n) is 6.05. The van der Waals surface area contributed by atoms with E-state index in [0.29, 0.717) is 23.5 Å². The Hall–Kier alpha value is -2.68. The first kappa shape index (κ1) is 19.6. The van der Waals surface area contributed by atoms with Gasteiger partial charge in [-0.25, -0.2) is 13.2 Å². The highest BCUT2D eigenvalue weighted by Gasteiger charge is 2.20. The van der Waals surface area contributed by atoms with Crippen molar-refractivity contribution in [3.05, 3.63) is 40.7 Å². The van der Waals surface area contributed by atoms with E-state index in [1.165, 1.54) is 12.1 Å². The van der Waals surface area contributed by atoms with Crippen LogP contribution in [0.3, 0.4) is 0 Å². The molecule has 0 atom stereocenters. The van der Waals surface area contributed by atoms with E-state index in [1.54, 1.807) is 18.5 Å². The average molecular weight is 379 g/mol. The van der Waals surface area contributed by atoms with Crippen LogP contribution in [0.15, 0.2) is 23.1 Å². The van der Waals surface area contributed by atoms with Gasteiger partial charge in [0.1, 0.15) is 0 Å². The Morgan fingerprint density at radius 3 is 2.42 bits per heavy atom. The van der Waals surface area contributed by atoms with Crippen LogP contribution in [0.1, 0.15) is 45.4 Å². The molecule has 0 aliphatic heterocycles. The topological polar surface area (TPSA) is 118 Å². The van der Waals surface area contributed by atoms with E-state index in [4.69, 9.17) is 0 Å². The van der Waals surface area contributed by atoms with Gasteiger partial charge in [-0.15, -0.1) is 0 Å². The molecule has 0 saturated carbocycles. The predicted molar refractivity (Wildman–Crippen MR) is 96.5 cm³/mol. The largest absolute Gasteiger partial charge is 0.478 e. The second kappa shape index (κ2) is 7.28. The minimum Gasteiger partial charge on any atom is -0.478 e. The summed E-state index contributed by atoms with van der Waals surface area (Å²) >= 11 is 0. The summed E-state index contributed by atoms with van der Waals surface area (Å²) in [6.45, 7) is 6.16. The van der Waals surface area contributed by atoms with Crippen molar-refractivity contribution >= 4 is 27.4 Å². The number of aromatic nitrogens is 2. The number of sulfone groups is 1. The summed E-state index contributed by atoms with van der Waals surface area (Å²) in [6.07, 6.45) is 1.84. The van der Waals surface area contributed by atoms with Gasteiger partial charge in [-0.1, -0.05) is 6.92 Å². The smallest absolute Gasteiger partial charge is 0.335 e. The molecule has 0 radical (unpaired) electrons. The van der Waals surface area contributed by atoms with Crippen LogP contribution in [-0.4, -0.2) is 41.4 Å². The first-order valence-corrected chi connectivity index (χ1v) is 9.87. The summed E-state index contributed by atoms with van der Waals surface area (Å²) in [5.41, 5.74) is 1.50. The minimum atomic E-state index is -3.63. The fraction of sp³-hybridized carbons (Fsp3) is 0.353. The molecular weight excluding hydrogens is 358 g/mol. The van der Waals surface area contributed by atoms with Crippen molar-refractivity contribution in [3.8, 4) is 0 Å². The molecule has 0 fully saturated rings. The molecule has 9 heteroatoms. The number of aromatic carboxylic acids is 1. The summed E-state index contributed by atoms with van der Waals surface area (Å²) in [4.78, 5) is 23.7. The molecule has 1 aromatic carbocycles. The SMILES string of the molecule is CCCn1nc(C)c(C(=O)Nc2cc(C(=O)O)cc(S(C)(=O)=O)c2)c1C. The third kappa shape index (κ3) is 4.10. The standard InChI is InChI=1S/C17H21N3O5S/c1-5-6-20-11(3)15(10(2)19-20)16(21)18-13-7-12(17(22)23)8-14(9-13)26(4,24)25/h7-9H,5-6H2,1-4H3,(H,18,21)(H,22,23). The third-order valence-electron chi connectivity index (χ3n) is 3.88. The zero-order chi connectivity index (χ0) is 19.6. The number of carboxylic acid groups (broad SMARTS) is 1. The molecule has 1 amide bonds. The summed E-state index contributed by atoms with van der Waals surface area (Å²) in [5.74, 6) is -1.75. The lowest BCUT2D eigenvalue weighted by molar-refractivity contribution is 0.0696. The maximum Gasteiger partial charge on any atom is 0.335 e. The van der Waals surface area contributed by atoms with Gasteiger partial charge in [-0.2, -0.15) is 5.10 Å². The Morgan fingerprint density at radius 2 is 1.88 bits per heavy atom. The molecule has 0 bridgehead atoms. The van der Waals surface area contributed by atoms with E-state index in [1.807, 2.05) is 6.92 Å². The van der Waals surface area contributed by atoms with Gasteiger partial charge in [0.05, 0.1) is 21.7 Å². The molecule has 140 valence electrons. The Balaban J connectivity index is 2.44. The summed E-state index contributed by atoms with van der Waals surface area (Å²) in [7, 11) is -3.63. The normalized spacial score (nSPS) is 11.4. The number of amides is 1. The molecule has 2 aromatic rings. The first-order valence-electron chi connectivity index (χ1n) is 7.98. The van der Waals surface area contributed by atoms with Gasteiger partial charge in [-0.3, -0.25) is 9.48 Å². The number of benzene rings is 1. The molecular formula is C17H21N3O5S. The number of nitrogens with one attached hydrogen (secondary N) is 1. The van der Waals surface area contributed by atoms with Gasteiger partial charge in [-0.05, 0) is 38.5 Å². The van der Waals surface area contributed by atoms with Gasteiger partial charge in [0.2, 0.25) is 0 Å². The van der Waals surface area contributed by atoms with Gasteiger partial charge < -0.3 is 10.4 Å². The monoisotopic (exact) mass is 379 g/mol. The van der Waals surface area contributed by atoms with Crippen molar-refractivity contribution in [3.63, 3.8) is 0 Å². The number of carbonyl (C=O) groups excluding carboxylic acids is 1. The number of hydrogen-bond donors (Lipinski definition) is 2. The van der Waals surface area contributed by atoms with E-state index < -0.39 is 21.7 Å². The van der Waals surface area contributed by atoms with Crippen LogP contribution in [0.5, 0.6) is 0 Å². The highest BCUT2D eigenvalue weighted by molar-refractivity contribution is 7.90. The quantitative estimate of drug-likeness (QED) is 0.795. The number of carbonyl (C=O) groups is 2. The molecule has 0 spiro atoms. The summed E-state index contributed by atoms with van der Waals surface area (Å²) < 4.78 is 25.3. The Kier molecular flexibility index (Phi) is 5.50. The fourth-order valence-corrected chi connectivity index (χ4v) is 3.34. The number of nitrogens with zero attached hydrogens (tertiary/aromatic N) is 2. The lowest BCUT2D eigenvalue weighted by Gasteiger charge is -2.09. The molecule has 0 saturated heterocycles. The van der Waals surface area contributed by atoms with E-state index in [9.17, 15) is 23.1 Å². The number of anilines is 1. The molecule has 8 nitrogen and oxygen atoms in total. The third-order valence-corrected chi connectivity index (χ3v) is 4.98. The maximum absolute atomic E-state index is 12.7. The van der Waals surface area contributed by atoms with Gasteiger partial charge in [0.15, 0.2) is 9.84 Å². The number of rotatable bonds is 6. The molecule has 0 aliphatic rings. The molecule has 0 aliphatic carbocycles. The van der Waals surface area contributed by atoms with Crippen molar-refractivity contribution in [1.82, 2.24) is 9.78 Å². The van der Waals surface area contributed by atoms with Crippen LogP contribution in [0.25, 0.3) is 0 Å². The van der Waals surface area contributed by atoms with E-state index in [2.05, 4.69) is 10.4 Å². The minimum absolute atomic E-state index is 0.0948. The van der Waals surface area contributed by atoms with Crippen molar-refractivity contribution in [2.24, 2.45) is 0 Å². The van der Waals surface area contributed by atoms with Crippen LogP contribution < -0.4 is 5.32 Å². The summed E-state index contributed by atoms with van der Waals surface area (Å²) in [5, 5.41) is 16.1. The maximum atomic E-state index is 12.7. The Labute approximate surface area is 151 Å². The van der Waals surface area contributed by atoms with Crippen LogP contribution in [0, 0.1) is 13.8 Å². The average Bonchev–Trinajstić information content (AvgIpc) is 2.80. The van der Waals surface area contributed by atoms with Gasteiger partial charge >= 0.3 is 5.97 Å². The van der Waals surface area contributed by atoms with Crippen molar-refractivity contribution in [1.29, 1.82) is 0 Å². The molecule has 1 aromatic heterocycles. The molecule has 26 heavy (non-hydrogen) atoms. The van der Waals surface area contributed by atoms with E-state index >= 15 is 0 Å². The highest BCUT2D eigenvalue weighted by atomic mass is 32.2. The predicted octanol–water partition coefficient (Wildman–Crippen LogP) is 2.26. The van der Waals surface area contributed by atoms with Crippen molar-refractivity contribution < 1.29 is 23.1 Å². The molecule has 2 N–H and O–H groups in total. The van der Waals surface area contributed by atoms with Crippen molar-refractivity contribution in [2.45, 2.75) is 38.6 Å². The van der Waals surface area contributed by atoms with Crippen molar-refractivity contribution in [2.75, 3.05) is 11.6 Å². The van der Waals surface area contributed by atoms with E-state index in [-0.39, 0.29) is 16.1 Å². The van der Waals surface area contributed by atoms with Crippen LogP contribution in [0.4, 0.5) is 5.69 Å². The van der Waals surface area contributed by atoms with Crippen LogP contribution in [0.2, 0.25) is 0 Å². The zero-order valence-corrected chi connectivity index (χ0v) is 15.8. The first-order chi connectivity index (χ1) is 12.0. The second-order valence-corrected chi connectivity index (χ2v) is 8.06. The fourth-order valence-electron chi connectivity index (χ4n) is 2.66. The Morgan fingerprint density at radius 1 is 1.23 bits per heavy atom. The van der Waals surface area contributed by atoms with Crippen LogP contribution in [-0.2, 0) is 16.4 Å². The molecule has 1 heterocycles. The number of hydrogen-bond acceptors (Lipinski definition) is 5.